The summed E-state index contributed by atoms with van der Waals surface area (Å²) in [6.07, 6.45) is 2.12. The molecular weight excluding hydrogens is 478 g/mol. The van der Waals surface area contributed by atoms with Crippen molar-refractivity contribution in [2.24, 2.45) is 10.6 Å². The Labute approximate surface area is 175 Å². The van der Waals surface area contributed by atoms with E-state index >= 15 is 0 Å². The third-order valence-corrected chi connectivity index (χ3v) is 6.84. The first-order valence-corrected chi connectivity index (χ1v) is 10.8. The largest absolute Gasteiger partial charge is 0.481 e. The van der Waals surface area contributed by atoms with Crippen molar-refractivity contribution in [3.63, 3.8) is 0 Å². The third-order valence-electron chi connectivity index (χ3n) is 5.93. The van der Waals surface area contributed by atoms with E-state index in [0.717, 1.165) is 53.9 Å². The highest BCUT2D eigenvalue weighted by molar-refractivity contribution is 9.11. The van der Waals surface area contributed by atoms with Gasteiger partial charge in [0.1, 0.15) is 5.84 Å². The average Bonchev–Trinajstić information content (AvgIpc) is 2.99. The summed E-state index contributed by atoms with van der Waals surface area (Å²) in [5, 5.41) is 13.7. The molecule has 8 heteroatoms. The maximum atomic E-state index is 11.4. The van der Waals surface area contributed by atoms with Crippen LogP contribution in [-0.4, -0.2) is 58.5 Å². The number of piperidine rings is 1. The monoisotopic (exact) mass is 499 g/mol. The molecule has 1 aromatic carbocycles. The summed E-state index contributed by atoms with van der Waals surface area (Å²) in [6, 6.07) is 6.32. The van der Waals surface area contributed by atoms with Crippen LogP contribution in [0.5, 0.6) is 0 Å². The number of hydrogen-bond acceptors (Lipinski definition) is 5. The lowest BCUT2D eigenvalue weighted by Crippen LogP contribution is -2.61. The van der Waals surface area contributed by atoms with Gasteiger partial charge in [-0.2, -0.15) is 0 Å². The molecule has 3 aliphatic heterocycles. The number of hydrogen-bond donors (Lipinski definition) is 1. The average molecular weight is 501 g/mol. The highest BCUT2D eigenvalue weighted by Gasteiger charge is 2.51. The van der Waals surface area contributed by atoms with Gasteiger partial charge in [0.15, 0.2) is 5.60 Å². The molecule has 3 heterocycles. The number of likely N-dealkylation sites (tertiary alicyclic amines) is 2. The first-order valence-electron chi connectivity index (χ1n) is 9.18. The quantitative estimate of drug-likeness (QED) is 0.685. The van der Waals surface area contributed by atoms with Crippen LogP contribution in [0.4, 0.5) is 0 Å². The van der Waals surface area contributed by atoms with Gasteiger partial charge >= 0.3 is 5.97 Å². The molecule has 0 aromatic heterocycles. The second kappa shape index (κ2) is 7.04. The number of rotatable bonds is 3. The fraction of sp³-hybridized carbons (Fsp3) is 0.579. The number of carboxylic acid groups (broad SMARTS) is 1. The number of carboxylic acids is 1. The van der Waals surface area contributed by atoms with Crippen LogP contribution >= 0.6 is 31.9 Å². The molecule has 0 amide bonds. The van der Waals surface area contributed by atoms with E-state index < -0.39 is 11.4 Å². The van der Waals surface area contributed by atoms with Crippen molar-refractivity contribution in [2.75, 3.05) is 26.2 Å². The highest BCUT2D eigenvalue weighted by Crippen LogP contribution is 2.38. The third kappa shape index (κ3) is 3.89. The van der Waals surface area contributed by atoms with Gasteiger partial charge in [0.25, 0.3) is 0 Å². The maximum Gasteiger partial charge on any atom is 0.309 e. The minimum Gasteiger partial charge on any atom is -0.481 e. The van der Waals surface area contributed by atoms with Crippen LogP contribution in [0.15, 0.2) is 32.3 Å². The summed E-state index contributed by atoms with van der Waals surface area (Å²) in [5.74, 6) is 0.282. The van der Waals surface area contributed by atoms with Gasteiger partial charge in [0.05, 0.1) is 11.8 Å². The molecule has 2 saturated heterocycles. The predicted octanol–water partition coefficient (Wildman–Crippen LogP) is 3.69. The number of halogens is 2. The van der Waals surface area contributed by atoms with Crippen LogP contribution < -0.4 is 0 Å². The highest BCUT2D eigenvalue weighted by atomic mass is 79.9. The molecule has 0 atom stereocenters. The molecule has 1 aromatic rings. The molecular formula is C19H23Br2N3O3. The Morgan fingerprint density at radius 2 is 1.85 bits per heavy atom. The molecule has 0 unspecified atom stereocenters. The van der Waals surface area contributed by atoms with E-state index in [9.17, 15) is 9.90 Å². The van der Waals surface area contributed by atoms with E-state index in [1.165, 1.54) is 5.56 Å². The second-order valence-corrected chi connectivity index (χ2v) is 10.1. The van der Waals surface area contributed by atoms with E-state index in [2.05, 4.69) is 58.9 Å². The topological polar surface area (TPSA) is 65.4 Å². The Kier molecular flexibility index (Phi) is 5.01. The Balaban J connectivity index is 1.29. The lowest BCUT2D eigenvalue weighted by molar-refractivity contribution is -0.150. The number of carbonyl (C=O) groups is 1. The molecule has 1 N–H and O–H groups in total. The van der Waals surface area contributed by atoms with E-state index in [1.807, 2.05) is 13.0 Å². The van der Waals surface area contributed by atoms with Crippen LogP contribution in [0.25, 0.3) is 0 Å². The van der Waals surface area contributed by atoms with Crippen molar-refractivity contribution in [3.8, 4) is 0 Å². The molecule has 0 radical (unpaired) electrons. The van der Waals surface area contributed by atoms with Gasteiger partial charge in [-0.1, -0.05) is 37.0 Å². The Hall–Kier alpha value is -1.12. The SMILES string of the molecule is CC1(C(=O)O)CCN(C2=NOC3(C2)CN(Cc2cc(Br)cc(Br)c2)C3)CC1. The van der Waals surface area contributed by atoms with Gasteiger partial charge in [0.2, 0.25) is 0 Å². The number of amidine groups is 1. The van der Waals surface area contributed by atoms with Crippen LogP contribution in [0.3, 0.4) is 0 Å². The molecule has 2 fully saturated rings. The molecule has 4 rings (SSSR count). The Morgan fingerprint density at radius 1 is 1.22 bits per heavy atom. The number of benzene rings is 1. The maximum absolute atomic E-state index is 11.4. The summed E-state index contributed by atoms with van der Waals surface area (Å²) in [6.45, 7) is 5.92. The standard InChI is InChI=1S/C19H23Br2N3O3/c1-18(17(25)26)2-4-24(5-3-18)16-9-19(27-22-16)11-23(12-19)10-13-6-14(20)8-15(21)7-13/h6-8H,2-5,9-12H2,1H3,(H,25,26). The van der Waals surface area contributed by atoms with Gasteiger partial charge in [-0.3, -0.25) is 9.69 Å². The summed E-state index contributed by atoms with van der Waals surface area (Å²) < 4.78 is 2.15. The van der Waals surface area contributed by atoms with Crippen LogP contribution in [0.1, 0.15) is 31.7 Å². The summed E-state index contributed by atoms with van der Waals surface area (Å²) in [7, 11) is 0. The number of nitrogens with zero attached hydrogens (tertiary/aromatic N) is 3. The lowest BCUT2D eigenvalue weighted by Gasteiger charge is -2.45. The fourth-order valence-corrected chi connectivity index (χ4v) is 5.54. The Morgan fingerprint density at radius 3 is 2.44 bits per heavy atom. The van der Waals surface area contributed by atoms with Gasteiger partial charge in [-0.05, 0) is 43.5 Å². The van der Waals surface area contributed by atoms with E-state index in [-0.39, 0.29) is 5.60 Å². The zero-order chi connectivity index (χ0) is 19.2. The van der Waals surface area contributed by atoms with Gasteiger partial charge in [0, 0.05) is 41.7 Å². The van der Waals surface area contributed by atoms with Crippen LogP contribution in [-0.2, 0) is 16.2 Å². The van der Waals surface area contributed by atoms with Crippen molar-refractivity contribution in [2.45, 2.75) is 38.3 Å². The zero-order valence-electron chi connectivity index (χ0n) is 15.3. The summed E-state index contributed by atoms with van der Waals surface area (Å²) in [5.41, 5.74) is 0.445. The molecule has 1 spiro atoms. The van der Waals surface area contributed by atoms with Crippen LogP contribution in [0.2, 0.25) is 0 Å². The fourth-order valence-electron chi connectivity index (χ4n) is 4.15. The van der Waals surface area contributed by atoms with Crippen LogP contribution in [0, 0.1) is 5.41 Å². The van der Waals surface area contributed by atoms with Gasteiger partial charge < -0.3 is 14.8 Å². The number of oxime groups is 1. The zero-order valence-corrected chi connectivity index (χ0v) is 18.4. The summed E-state index contributed by atoms with van der Waals surface area (Å²) in [4.78, 5) is 21.8. The minimum absolute atomic E-state index is 0.202. The predicted molar refractivity (Wildman–Crippen MR) is 110 cm³/mol. The Bertz CT molecular complexity index is 764. The van der Waals surface area contributed by atoms with Crippen molar-refractivity contribution in [3.05, 3.63) is 32.7 Å². The summed E-state index contributed by atoms with van der Waals surface area (Å²) >= 11 is 7.08. The normalized spacial score (nSPS) is 23.7. The van der Waals surface area contributed by atoms with Gasteiger partial charge in [-0.15, -0.1) is 0 Å². The molecule has 0 saturated carbocycles. The molecule has 0 bridgehead atoms. The molecule has 27 heavy (non-hydrogen) atoms. The van der Waals surface area contributed by atoms with Crippen molar-refractivity contribution < 1.29 is 14.7 Å². The van der Waals surface area contributed by atoms with E-state index in [1.54, 1.807) is 0 Å². The minimum atomic E-state index is -0.697. The van der Waals surface area contributed by atoms with Crippen molar-refractivity contribution in [1.29, 1.82) is 0 Å². The van der Waals surface area contributed by atoms with Gasteiger partial charge in [-0.25, -0.2) is 0 Å². The smallest absolute Gasteiger partial charge is 0.309 e. The van der Waals surface area contributed by atoms with Crippen molar-refractivity contribution in [1.82, 2.24) is 9.80 Å². The molecule has 146 valence electrons. The molecule has 6 nitrogen and oxygen atoms in total. The van der Waals surface area contributed by atoms with E-state index in [0.29, 0.717) is 12.8 Å². The first-order chi connectivity index (χ1) is 12.8. The first kappa shape index (κ1) is 19.2. The number of aliphatic carboxylic acids is 1. The molecule has 3 aliphatic rings. The second-order valence-electron chi connectivity index (χ2n) is 8.23. The van der Waals surface area contributed by atoms with Crippen molar-refractivity contribution >= 4 is 43.7 Å². The lowest BCUT2D eigenvalue weighted by atomic mass is 9.80. The van der Waals surface area contributed by atoms with E-state index in [4.69, 9.17) is 4.84 Å². The molecule has 0 aliphatic carbocycles.